The van der Waals surface area contributed by atoms with Gasteiger partial charge in [-0.1, -0.05) is 33.8 Å². The average molecular weight is 384 g/mol. The predicted molar refractivity (Wildman–Crippen MR) is 109 cm³/mol. The minimum absolute atomic E-state index is 0. The first-order valence-corrected chi connectivity index (χ1v) is 9.28. The fourth-order valence-electron chi connectivity index (χ4n) is 2.35. The van der Waals surface area contributed by atoms with Gasteiger partial charge in [0, 0.05) is 23.5 Å². The first-order valence-electron chi connectivity index (χ1n) is 8.51. The molecule has 1 heterocycles. The molecular formula is C19H30ClN3OS. The van der Waals surface area contributed by atoms with Crippen LogP contribution in [0.2, 0.25) is 0 Å². The van der Waals surface area contributed by atoms with Gasteiger partial charge >= 0.3 is 0 Å². The topological polar surface area (TPSA) is 38.2 Å². The van der Waals surface area contributed by atoms with E-state index in [2.05, 4.69) is 75.0 Å². The Morgan fingerprint density at radius 2 is 1.84 bits per heavy atom. The highest BCUT2D eigenvalue weighted by molar-refractivity contribution is 7.07. The zero-order valence-corrected chi connectivity index (χ0v) is 18.0. The van der Waals surface area contributed by atoms with Crippen molar-refractivity contribution in [2.24, 2.45) is 0 Å². The van der Waals surface area contributed by atoms with Crippen LogP contribution in [0.5, 0.6) is 10.9 Å². The number of halogens is 1. The molecule has 0 saturated carbocycles. The van der Waals surface area contributed by atoms with Gasteiger partial charge in [-0.3, -0.25) is 0 Å². The number of aryl methyl sites for hydroxylation is 2. The molecule has 0 aliphatic carbocycles. The Hall–Kier alpha value is -1.17. The largest absolute Gasteiger partial charge is 0.430 e. The van der Waals surface area contributed by atoms with Gasteiger partial charge in [-0.25, -0.2) is 0 Å². The second-order valence-corrected chi connectivity index (χ2v) is 8.14. The molecule has 6 heteroatoms. The molecule has 1 aromatic carbocycles. The van der Waals surface area contributed by atoms with Crippen molar-refractivity contribution < 1.29 is 4.74 Å². The highest BCUT2D eigenvalue weighted by Crippen LogP contribution is 2.31. The monoisotopic (exact) mass is 383 g/mol. The average Bonchev–Trinajstić information content (AvgIpc) is 2.97. The Morgan fingerprint density at radius 3 is 2.40 bits per heavy atom. The lowest BCUT2D eigenvalue weighted by atomic mass is 9.96. The van der Waals surface area contributed by atoms with Crippen molar-refractivity contribution >= 4 is 23.9 Å². The van der Waals surface area contributed by atoms with Crippen LogP contribution in [0.15, 0.2) is 12.1 Å². The molecule has 25 heavy (non-hydrogen) atoms. The molecule has 0 amide bonds. The normalized spacial score (nSPS) is 11.5. The number of hydrogen-bond donors (Lipinski definition) is 0. The first kappa shape index (κ1) is 21.9. The van der Waals surface area contributed by atoms with E-state index in [0.717, 1.165) is 36.6 Å². The van der Waals surface area contributed by atoms with E-state index < -0.39 is 0 Å². The molecule has 0 saturated heterocycles. The van der Waals surface area contributed by atoms with E-state index in [1.807, 2.05) is 0 Å². The van der Waals surface area contributed by atoms with Crippen molar-refractivity contribution in [2.45, 2.75) is 53.4 Å². The molecular weight excluding hydrogens is 354 g/mol. The summed E-state index contributed by atoms with van der Waals surface area (Å²) in [5.74, 6) is 1.70. The standard InChI is InChI=1S/C19H29N3OS.ClH/c1-8-22(7)10-9-15-11-14(3)16(12-13(15)2)23-18-20-17(21-24-18)19(4,5)6;/h11-12H,8-10H2,1-7H3;1H. The number of hydrogen-bond acceptors (Lipinski definition) is 5. The number of rotatable bonds is 6. The van der Waals surface area contributed by atoms with Crippen LogP contribution in [0, 0.1) is 13.8 Å². The van der Waals surface area contributed by atoms with Crippen molar-refractivity contribution in [2.75, 3.05) is 20.1 Å². The number of aromatic nitrogens is 2. The molecule has 4 nitrogen and oxygen atoms in total. The van der Waals surface area contributed by atoms with Crippen LogP contribution in [0.4, 0.5) is 0 Å². The summed E-state index contributed by atoms with van der Waals surface area (Å²) in [7, 11) is 2.15. The van der Waals surface area contributed by atoms with Gasteiger partial charge < -0.3 is 9.64 Å². The summed E-state index contributed by atoms with van der Waals surface area (Å²) >= 11 is 1.32. The van der Waals surface area contributed by atoms with Crippen LogP contribution in [-0.4, -0.2) is 34.4 Å². The van der Waals surface area contributed by atoms with Gasteiger partial charge in [0.25, 0.3) is 5.19 Å². The fourth-order valence-corrected chi connectivity index (χ4v) is 3.08. The maximum atomic E-state index is 6.00. The second-order valence-electron chi connectivity index (χ2n) is 7.43. The van der Waals surface area contributed by atoms with Gasteiger partial charge in [-0.2, -0.15) is 9.36 Å². The lowest BCUT2D eigenvalue weighted by Gasteiger charge is -2.16. The van der Waals surface area contributed by atoms with Gasteiger partial charge in [0.15, 0.2) is 5.82 Å². The number of likely N-dealkylation sites (N-methyl/N-ethyl adjacent to an activating group) is 1. The van der Waals surface area contributed by atoms with E-state index >= 15 is 0 Å². The molecule has 0 radical (unpaired) electrons. The zero-order chi connectivity index (χ0) is 17.9. The molecule has 0 unspecified atom stereocenters. The quantitative estimate of drug-likeness (QED) is 0.690. The smallest absolute Gasteiger partial charge is 0.298 e. The SMILES string of the molecule is CCN(C)CCc1cc(C)c(Oc2nc(C(C)(C)C)ns2)cc1C.Cl. The summed E-state index contributed by atoms with van der Waals surface area (Å²) in [4.78, 5) is 6.85. The van der Waals surface area contributed by atoms with Gasteiger partial charge in [0.05, 0.1) is 0 Å². The van der Waals surface area contributed by atoms with Crippen molar-refractivity contribution in [3.05, 3.63) is 34.6 Å². The van der Waals surface area contributed by atoms with Crippen molar-refractivity contribution in [3.8, 4) is 10.9 Å². The molecule has 1 aromatic heterocycles. The molecule has 2 rings (SSSR count). The first-order chi connectivity index (χ1) is 11.2. The molecule has 0 spiro atoms. The summed E-state index contributed by atoms with van der Waals surface area (Å²) in [6.45, 7) is 14.9. The highest BCUT2D eigenvalue weighted by atomic mass is 35.5. The van der Waals surface area contributed by atoms with E-state index in [1.54, 1.807) is 0 Å². The number of benzene rings is 1. The van der Waals surface area contributed by atoms with Crippen molar-refractivity contribution in [1.29, 1.82) is 0 Å². The number of ether oxygens (including phenoxy) is 1. The molecule has 0 aliphatic rings. The Kier molecular flexibility index (Phi) is 7.85. The summed E-state index contributed by atoms with van der Waals surface area (Å²) in [5, 5.41) is 0.612. The third kappa shape index (κ3) is 5.94. The third-order valence-electron chi connectivity index (χ3n) is 4.21. The number of nitrogens with zero attached hydrogens (tertiary/aromatic N) is 3. The highest BCUT2D eigenvalue weighted by Gasteiger charge is 2.20. The molecule has 140 valence electrons. The summed E-state index contributed by atoms with van der Waals surface area (Å²) in [5.41, 5.74) is 3.73. The Morgan fingerprint density at radius 1 is 1.16 bits per heavy atom. The maximum absolute atomic E-state index is 6.00. The summed E-state index contributed by atoms with van der Waals surface area (Å²) < 4.78 is 10.4. The van der Waals surface area contributed by atoms with Crippen LogP contribution < -0.4 is 4.74 Å². The molecule has 0 N–H and O–H groups in total. The summed E-state index contributed by atoms with van der Waals surface area (Å²) in [6.07, 6.45) is 1.06. The molecule has 0 fully saturated rings. The van der Waals surface area contributed by atoms with Crippen LogP contribution in [0.1, 0.15) is 50.2 Å². The minimum Gasteiger partial charge on any atom is -0.430 e. The fraction of sp³-hybridized carbons (Fsp3) is 0.579. The van der Waals surface area contributed by atoms with Gasteiger partial charge in [0.1, 0.15) is 5.75 Å². The second kappa shape index (κ2) is 8.97. The van der Waals surface area contributed by atoms with E-state index in [1.165, 1.54) is 22.7 Å². The van der Waals surface area contributed by atoms with E-state index in [-0.39, 0.29) is 17.8 Å². The minimum atomic E-state index is -0.0573. The Balaban J connectivity index is 0.00000312. The van der Waals surface area contributed by atoms with Crippen molar-refractivity contribution in [3.63, 3.8) is 0 Å². The van der Waals surface area contributed by atoms with Crippen LogP contribution in [-0.2, 0) is 11.8 Å². The Labute approximate surface area is 162 Å². The molecule has 0 atom stereocenters. The molecule has 2 aromatic rings. The predicted octanol–water partition coefficient (Wildman–Crippen LogP) is 5.16. The third-order valence-corrected chi connectivity index (χ3v) is 4.81. The lowest BCUT2D eigenvalue weighted by molar-refractivity contribution is 0.357. The van der Waals surface area contributed by atoms with Crippen LogP contribution in [0.3, 0.4) is 0 Å². The lowest BCUT2D eigenvalue weighted by Crippen LogP contribution is -2.20. The maximum Gasteiger partial charge on any atom is 0.298 e. The summed E-state index contributed by atoms with van der Waals surface area (Å²) in [6, 6.07) is 4.36. The van der Waals surface area contributed by atoms with E-state index in [4.69, 9.17) is 4.74 Å². The zero-order valence-electron chi connectivity index (χ0n) is 16.3. The molecule has 0 bridgehead atoms. The van der Waals surface area contributed by atoms with Gasteiger partial charge in [-0.15, -0.1) is 12.4 Å². The van der Waals surface area contributed by atoms with E-state index in [9.17, 15) is 0 Å². The Bertz CT molecular complexity index is 694. The molecule has 0 aliphatic heterocycles. The van der Waals surface area contributed by atoms with E-state index in [0.29, 0.717) is 5.19 Å². The van der Waals surface area contributed by atoms with Gasteiger partial charge in [0.2, 0.25) is 0 Å². The van der Waals surface area contributed by atoms with Crippen LogP contribution >= 0.6 is 23.9 Å². The van der Waals surface area contributed by atoms with Crippen molar-refractivity contribution in [1.82, 2.24) is 14.3 Å². The van der Waals surface area contributed by atoms with Crippen LogP contribution in [0.25, 0.3) is 0 Å². The van der Waals surface area contributed by atoms with Gasteiger partial charge in [-0.05, 0) is 56.6 Å².